The quantitative estimate of drug-likeness (QED) is 0.835. The molecule has 15 heavy (non-hydrogen) atoms. The first-order chi connectivity index (χ1) is 7.13. The van der Waals surface area contributed by atoms with E-state index in [4.69, 9.17) is 16.7 Å². The van der Waals surface area contributed by atoms with Gasteiger partial charge in [0, 0.05) is 0 Å². The largest absolute Gasteiger partial charge is 0.447 e. The topological polar surface area (TPSA) is 58.6 Å². The number of rotatable bonds is 3. The third-order valence-electron chi connectivity index (χ3n) is 1.68. The minimum Gasteiger partial charge on any atom is -0.447 e. The van der Waals surface area contributed by atoms with Crippen LogP contribution in [0.25, 0.3) is 0 Å². The molecule has 0 spiro atoms. The summed E-state index contributed by atoms with van der Waals surface area (Å²) in [4.78, 5) is 11.1. The smallest absolute Gasteiger partial charge is 0.411 e. The number of anilines is 1. The molecule has 1 amide bonds. The number of benzene rings is 1. The molecule has 0 bridgehead atoms. The van der Waals surface area contributed by atoms with Crippen molar-refractivity contribution in [3.63, 3.8) is 0 Å². The Morgan fingerprint density at radius 2 is 2.33 bits per heavy atom. The lowest BCUT2D eigenvalue weighted by atomic mass is 10.2. The van der Waals surface area contributed by atoms with Crippen molar-refractivity contribution in [3.05, 3.63) is 28.8 Å². The number of aliphatic hydroxyl groups excluding tert-OH is 1. The fourth-order valence-corrected chi connectivity index (χ4v) is 1.18. The molecule has 5 heteroatoms. The van der Waals surface area contributed by atoms with E-state index in [-0.39, 0.29) is 13.2 Å². The van der Waals surface area contributed by atoms with E-state index in [2.05, 4.69) is 10.1 Å². The SMILES string of the molecule is Cc1ccc(Cl)c(NC(=O)OCCO)c1. The van der Waals surface area contributed by atoms with E-state index in [1.54, 1.807) is 12.1 Å². The van der Waals surface area contributed by atoms with Crippen LogP contribution < -0.4 is 5.32 Å². The number of halogens is 1. The van der Waals surface area contributed by atoms with Crippen molar-refractivity contribution in [2.24, 2.45) is 0 Å². The first-order valence-corrected chi connectivity index (χ1v) is 4.82. The second-order valence-corrected chi connectivity index (χ2v) is 3.38. The fraction of sp³-hybridized carbons (Fsp3) is 0.300. The summed E-state index contributed by atoms with van der Waals surface area (Å²) in [6.07, 6.45) is -0.628. The highest BCUT2D eigenvalue weighted by molar-refractivity contribution is 6.33. The van der Waals surface area contributed by atoms with E-state index < -0.39 is 6.09 Å². The van der Waals surface area contributed by atoms with Gasteiger partial charge in [-0.15, -0.1) is 0 Å². The molecule has 1 rings (SSSR count). The van der Waals surface area contributed by atoms with Crippen molar-refractivity contribution in [2.75, 3.05) is 18.5 Å². The van der Waals surface area contributed by atoms with Gasteiger partial charge in [0.15, 0.2) is 0 Å². The number of ether oxygens (including phenoxy) is 1. The fourth-order valence-electron chi connectivity index (χ4n) is 1.02. The summed E-state index contributed by atoms with van der Waals surface area (Å²) in [5.74, 6) is 0. The van der Waals surface area contributed by atoms with Crippen molar-refractivity contribution >= 4 is 23.4 Å². The Bertz CT molecular complexity index is 355. The zero-order valence-corrected chi connectivity index (χ0v) is 9.04. The maximum absolute atomic E-state index is 11.1. The number of aryl methyl sites for hydroxylation is 1. The molecule has 82 valence electrons. The van der Waals surface area contributed by atoms with Crippen molar-refractivity contribution in [1.29, 1.82) is 0 Å². The predicted molar refractivity (Wildman–Crippen MR) is 58.2 cm³/mol. The third kappa shape index (κ3) is 3.77. The molecule has 0 fully saturated rings. The monoisotopic (exact) mass is 229 g/mol. The first kappa shape index (κ1) is 11.8. The van der Waals surface area contributed by atoms with Crippen LogP contribution in [0.5, 0.6) is 0 Å². The number of carbonyl (C=O) groups excluding carboxylic acids is 1. The van der Waals surface area contributed by atoms with Crippen LogP contribution in [0.4, 0.5) is 10.5 Å². The van der Waals surface area contributed by atoms with Crippen molar-refractivity contribution < 1.29 is 14.6 Å². The number of amides is 1. The minimum absolute atomic E-state index is 0.0325. The Kier molecular flexibility index (Phi) is 4.39. The van der Waals surface area contributed by atoms with Gasteiger partial charge in [-0.05, 0) is 24.6 Å². The summed E-state index contributed by atoms with van der Waals surface area (Å²) in [5, 5.41) is 11.4. The van der Waals surface area contributed by atoms with Crippen LogP contribution in [0, 0.1) is 6.92 Å². The highest BCUT2D eigenvalue weighted by Gasteiger charge is 2.06. The van der Waals surface area contributed by atoms with Gasteiger partial charge in [-0.25, -0.2) is 4.79 Å². The van der Waals surface area contributed by atoms with E-state index in [1.807, 2.05) is 13.0 Å². The standard InChI is InChI=1S/C10H12ClNO3/c1-7-2-3-8(11)9(6-7)12-10(14)15-5-4-13/h2-3,6,13H,4-5H2,1H3,(H,12,14). The lowest BCUT2D eigenvalue weighted by Crippen LogP contribution is -2.16. The van der Waals surface area contributed by atoms with Gasteiger partial charge in [0.1, 0.15) is 6.61 Å². The molecule has 0 atom stereocenters. The molecule has 0 heterocycles. The Morgan fingerprint density at radius 1 is 1.60 bits per heavy atom. The third-order valence-corrected chi connectivity index (χ3v) is 2.01. The molecule has 0 aliphatic rings. The number of hydrogen-bond acceptors (Lipinski definition) is 3. The van der Waals surface area contributed by atoms with Crippen molar-refractivity contribution in [1.82, 2.24) is 0 Å². The van der Waals surface area contributed by atoms with E-state index in [0.29, 0.717) is 10.7 Å². The second-order valence-electron chi connectivity index (χ2n) is 2.97. The molecule has 0 saturated carbocycles. The Labute approximate surface area is 92.8 Å². The molecule has 4 nitrogen and oxygen atoms in total. The van der Waals surface area contributed by atoms with Crippen LogP contribution >= 0.6 is 11.6 Å². The van der Waals surface area contributed by atoms with Gasteiger partial charge in [-0.2, -0.15) is 0 Å². The molecule has 1 aromatic carbocycles. The maximum atomic E-state index is 11.1. The molecule has 2 N–H and O–H groups in total. The number of carbonyl (C=O) groups is 1. The summed E-state index contributed by atoms with van der Waals surface area (Å²) in [5.41, 5.74) is 1.48. The van der Waals surface area contributed by atoms with E-state index in [0.717, 1.165) is 5.56 Å². The minimum atomic E-state index is -0.628. The average Bonchev–Trinajstić information content (AvgIpc) is 2.20. The van der Waals surface area contributed by atoms with E-state index in [1.165, 1.54) is 0 Å². The van der Waals surface area contributed by atoms with Gasteiger partial charge in [0.05, 0.1) is 17.3 Å². The Hall–Kier alpha value is -1.26. The molecule has 0 radical (unpaired) electrons. The number of nitrogens with one attached hydrogen (secondary N) is 1. The van der Waals surface area contributed by atoms with Crippen LogP contribution in [-0.4, -0.2) is 24.4 Å². The summed E-state index contributed by atoms with van der Waals surface area (Å²) in [6, 6.07) is 5.27. The molecule has 0 aliphatic carbocycles. The lowest BCUT2D eigenvalue weighted by molar-refractivity contribution is 0.131. The molecular formula is C10H12ClNO3. The Morgan fingerprint density at radius 3 is 3.00 bits per heavy atom. The molecule has 0 unspecified atom stereocenters. The summed E-state index contributed by atoms with van der Waals surface area (Å²) in [6.45, 7) is 1.66. The average molecular weight is 230 g/mol. The zero-order valence-electron chi connectivity index (χ0n) is 8.29. The maximum Gasteiger partial charge on any atom is 0.411 e. The van der Waals surface area contributed by atoms with Gasteiger partial charge >= 0.3 is 6.09 Å². The van der Waals surface area contributed by atoms with Crippen LogP contribution in [0.15, 0.2) is 18.2 Å². The van der Waals surface area contributed by atoms with Gasteiger partial charge < -0.3 is 9.84 Å². The van der Waals surface area contributed by atoms with Gasteiger partial charge in [-0.1, -0.05) is 17.7 Å². The highest BCUT2D eigenvalue weighted by Crippen LogP contribution is 2.22. The van der Waals surface area contributed by atoms with E-state index in [9.17, 15) is 4.79 Å². The Balaban J connectivity index is 2.63. The highest BCUT2D eigenvalue weighted by atomic mass is 35.5. The zero-order chi connectivity index (χ0) is 11.3. The first-order valence-electron chi connectivity index (χ1n) is 4.44. The van der Waals surface area contributed by atoms with Crippen molar-refractivity contribution in [2.45, 2.75) is 6.92 Å². The summed E-state index contributed by atoms with van der Waals surface area (Å²) >= 11 is 5.85. The molecular weight excluding hydrogens is 218 g/mol. The van der Waals surface area contributed by atoms with E-state index >= 15 is 0 Å². The molecule has 0 aliphatic heterocycles. The van der Waals surface area contributed by atoms with Crippen LogP contribution in [0.2, 0.25) is 5.02 Å². The van der Waals surface area contributed by atoms with Crippen LogP contribution in [0.3, 0.4) is 0 Å². The summed E-state index contributed by atoms with van der Waals surface area (Å²) in [7, 11) is 0. The number of aliphatic hydroxyl groups is 1. The number of hydrogen-bond donors (Lipinski definition) is 2. The predicted octanol–water partition coefficient (Wildman–Crippen LogP) is 2.19. The second kappa shape index (κ2) is 5.58. The molecule has 0 saturated heterocycles. The van der Waals surface area contributed by atoms with Gasteiger partial charge in [0.2, 0.25) is 0 Å². The van der Waals surface area contributed by atoms with Crippen molar-refractivity contribution in [3.8, 4) is 0 Å². The van der Waals surface area contributed by atoms with Crippen LogP contribution in [0.1, 0.15) is 5.56 Å². The summed E-state index contributed by atoms with van der Waals surface area (Å²) < 4.78 is 4.63. The van der Waals surface area contributed by atoms with Gasteiger partial charge in [0.25, 0.3) is 0 Å². The molecule has 0 aromatic heterocycles. The van der Waals surface area contributed by atoms with Gasteiger partial charge in [-0.3, -0.25) is 5.32 Å². The molecule has 1 aromatic rings. The normalized spacial score (nSPS) is 9.80. The lowest BCUT2D eigenvalue weighted by Gasteiger charge is -2.08. The van der Waals surface area contributed by atoms with Crippen LogP contribution in [-0.2, 0) is 4.74 Å².